The van der Waals surface area contributed by atoms with Crippen molar-refractivity contribution in [3.05, 3.63) is 65.4 Å². The van der Waals surface area contributed by atoms with E-state index in [4.69, 9.17) is 0 Å². The molecule has 3 heterocycles. The molecule has 0 saturated heterocycles. The second-order valence-electron chi connectivity index (χ2n) is 9.09. The zero-order valence-corrected chi connectivity index (χ0v) is 19.1. The predicted molar refractivity (Wildman–Crippen MR) is 128 cm³/mol. The van der Waals surface area contributed by atoms with E-state index in [1.807, 2.05) is 53.1 Å². The van der Waals surface area contributed by atoms with E-state index in [0.29, 0.717) is 13.0 Å². The summed E-state index contributed by atoms with van der Waals surface area (Å²) in [5.41, 5.74) is 3.76. The van der Waals surface area contributed by atoms with Gasteiger partial charge in [-0.2, -0.15) is 0 Å². The van der Waals surface area contributed by atoms with Crippen molar-refractivity contribution in [2.45, 2.75) is 64.5 Å². The van der Waals surface area contributed by atoms with Crippen LogP contribution in [-0.2, 0) is 21.5 Å². The van der Waals surface area contributed by atoms with Crippen LogP contribution < -0.4 is 4.90 Å². The van der Waals surface area contributed by atoms with Crippen molar-refractivity contribution in [2.24, 2.45) is 0 Å². The molecule has 5 rings (SSSR count). The first kappa shape index (κ1) is 20.8. The second-order valence-corrected chi connectivity index (χ2v) is 9.09. The summed E-state index contributed by atoms with van der Waals surface area (Å²) in [6.07, 6.45) is 4.22. The average molecular weight is 430 g/mol. The van der Waals surface area contributed by atoms with Gasteiger partial charge in [0.1, 0.15) is 0 Å². The summed E-state index contributed by atoms with van der Waals surface area (Å²) in [7, 11) is 0. The van der Waals surface area contributed by atoms with Crippen LogP contribution in [-0.4, -0.2) is 34.3 Å². The SMILES string of the molecule is CCCCCN1C(=O)C2(c3ccccc31)c1[nH]c3ccccc3c1CC(C)N2C(=O)CC. The molecule has 2 aromatic carbocycles. The Hall–Kier alpha value is -3.08. The first-order chi connectivity index (χ1) is 15.6. The largest absolute Gasteiger partial charge is 0.355 e. The van der Waals surface area contributed by atoms with E-state index in [1.54, 1.807) is 0 Å². The number of fused-ring (bicyclic) bond motifs is 6. The van der Waals surface area contributed by atoms with Gasteiger partial charge >= 0.3 is 0 Å². The van der Waals surface area contributed by atoms with Gasteiger partial charge in [-0.05, 0) is 37.5 Å². The average Bonchev–Trinajstić information content (AvgIpc) is 3.29. The molecular weight excluding hydrogens is 398 g/mol. The number of anilines is 1. The Morgan fingerprint density at radius 2 is 1.84 bits per heavy atom. The number of H-pyrrole nitrogens is 1. The first-order valence-corrected chi connectivity index (χ1v) is 11.9. The van der Waals surface area contributed by atoms with Crippen molar-refractivity contribution in [3.63, 3.8) is 0 Å². The van der Waals surface area contributed by atoms with Gasteiger partial charge in [0.15, 0.2) is 5.54 Å². The van der Waals surface area contributed by atoms with Crippen LogP contribution >= 0.6 is 0 Å². The standard InChI is InChI=1S/C27H31N3O2/c1-4-6-11-16-29-23-15-10-8-13-21(23)27(26(29)32)25-20(17-18(3)30(27)24(31)5-2)19-12-7-9-14-22(19)28-25/h7-10,12-15,18,28H,4-6,11,16-17H2,1-3H3. The number of aromatic amines is 1. The highest BCUT2D eigenvalue weighted by Gasteiger charge is 2.61. The lowest BCUT2D eigenvalue weighted by Crippen LogP contribution is -2.62. The lowest BCUT2D eigenvalue weighted by molar-refractivity contribution is -0.147. The molecule has 0 fully saturated rings. The predicted octanol–water partition coefficient (Wildman–Crippen LogP) is 5.13. The number of unbranched alkanes of at least 4 members (excludes halogenated alkanes) is 2. The molecule has 5 heteroatoms. The van der Waals surface area contributed by atoms with Gasteiger partial charge in [-0.25, -0.2) is 0 Å². The van der Waals surface area contributed by atoms with E-state index in [0.717, 1.165) is 59.1 Å². The van der Waals surface area contributed by atoms with Gasteiger partial charge < -0.3 is 14.8 Å². The molecule has 2 amide bonds. The zero-order valence-electron chi connectivity index (χ0n) is 19.1. The normalized spacial score (nSPS) is 22.0. The van der Waals surface area contributed by atoms with Crippen molar-refractivity contribution < 1.29 is 9.59 Å². The summed E-state index contributed by atoms with van der Waals surface area (Å²) in [5.74, 6) is 0.0105. The molecule has 0 bridgehead atoms. The monoisotopic (exact) mass is 429 g/mol. The van der Waals surface area contributed by atoms with Gasteiger partial charge in [0.05, 0.1) is 11.4 Å². The second kappa shape index (κ2) is 7.80. The lowest BCUT2D eigenvalue weighted by atomic mass is 9.77. The molecule has 0 saturated carbocycles. The van der Waals surface area contributed by atoms with Crippen molar-refractivity contribution in [1.82, 2.24) is 9.88 Å². The Kier molecular flexibility index (Phi) is 5.07. The maximum atomic E-state index is 14.5. The molecule has 2 unspecified atom stereocenters. The number of hydrogen-bond donors (Lipinski definition) is 1. The van der Waals surface area contributed by atoms with Crippen molar-refractivity contribution in [3.8, 4) is 0 Å². The number of aromatic nitrogens is 1. The van der Waals surface area contributed by atoms with E-state index in [-0.39, 0.29) is 17.9 Å². The van der Waals surface area contributed by atoms with E-state index >= 15 is 0 Å². The molecule has 1 aromatic heterocycles. The van der Waals surface area contributed by atoms with E-state index in [1.165, 1.54) is 0 Å². The molecule has 0 aliphatic carbocycles. The van der Waals surface area contributed by atoms with Gasteiger partial charge in [-0.15, -0.1) is 0 Å². The smallest absolute Gasteiger partial charge is 0.264 e. The quantitative estimate of drug-likeness (QED) is 0.572. The number of nitrogens with zero attached hydrogens (tertiary/aromatic N) is 2. The molecular formula is C27H31N3O2. The Balaban J connectivity index is 1.81. The number of carbonyl (C=O) groups is 2. The van der Waals surface area contributed by atoms with Crippen molar-refractivity contribution in [1.29, 1.82) is 0 Å². The molecule has 3 aromatic rings. The molecule has 5 nitrogen and oxygen atoms in total. The molecule has 1 N–H and O–H groups in total. The lowest BCUT2D eigenvalue weighted by Gasteiger charge is -2.47. The number of amides is 2. The van der Waals surface area contributed by atoms with Gasteiger partial charge in [0.25, 0.3) is 5.91 Å². The molecule has 2 aliphatic heterocycles. The number of rotatable bonds is 5. The molecule has 0 radical (unpaired) electrons. The van der Waals surface area contributed by atoms with Gasteiger partial charge in [-0.3, -0.25) is 9.59 Å². The fraction of sp³-hybridized carbons (Fsp3) is 0.407. The highest BCUT2D eigenvalue weighted by molar-refractivity contribution is 6.12. The maximum Gasteiger partial charge on any atom is 0.264 e. The minimum atomic E-state index is -1.14. The van der Waals surface area contributed by atoms with Crippen molar-refractivity contribution in [2.75, 3.05) is 11.4 Å². The number of carbonyl (C=O) groups excluding carboxylic acids is 2. The molecule has 2 atom stereocenters. The third-order valence-electron chi connectivity index (χ3n) is 7.17. The Labute approximate surface area is 189 Å². The third kappa shape index (κ3) is 2.70. The summed E-state index contributed by atoms with van der Waals surface area (Å²) in [6, 6.07) is 16.2. The van der Waals surface area contributed by atoms with E-state index < -0.39 is 5.54 Å². The summed E-state index contributed by atoms with van der Waals surface area (Å²) in [4.78, 5) is 35.3. The Bertz CT molecular complexity index is 1200. The van der Waals surface area contributed by atoms with Crippen molar-refractivity contribution >= 4 is 28.4 Å². The topological polar surface area (TPSA) is 56.4 Å². The van der Waals surface area contributed by atoms with Crippen LogP contribution in [0.25, 0.3) is 10.9 Å². The zero-order chi connectivity index (χ0) is 22.5. The molecule has 166 valence electrons. The highest BCUT2D eigenvalue weighted by Crippen LogP contribution is 2.53. The third-order valence-corrected chi connectivity index (χ3v) is 7.17. The fourth-order valence-electron chi connectivity index (χ4n) is 5.81. The van der Waals surface area contributed by atoms with Crippen LogP contribution in [0.1, 0.15) is 63.3 Å². The van der Waals surface area contributed by atoms with Gasteiger partial charge in [0.2, 0.25) is 5.91 Å². The highest BCUT2D eigenvalue weighted by atomic mass is 16.2. The first-order valence-electron chi connectivity index (χ1n) is 11.9. The van der Waals surface area contributed by atoms with Gasteiger partial charge in [-0.1, -0.05) is 63.1 Å². The number of benzene rings is 2. The summed E-state index contributed by atoms with van der Waals surface area (Å²) in [6.45, 7) is 6.80. The minimum Gasteiger partial charge on any atom is -0.355 e. The fourth-order valence-corrected chi connectivity index (χ4v) is 5.81. The number of nitrogens with one attached hydrogen (secondary N) is 1. The van der Waals surface area contributed by atoms with E-state index in [2.05, 4.69) is 31.0 Å². The summed E-state index contributed by atoms with van der Waals surface area (Å²) in [5, 5.41) is 1.15. The van der Waals surface area contributed by atoms with Crippen LogP contribution in [0.4, 0.5) is 5.69 Å². The van der Waals surface area contributed by atoms with Crippen LogP contribution in [0.2, 0.25) is 0 Å². The molecule has 2 aliphatic rings. The molecule has 32 heavy (non-hydrogen) atoms. The Morgan fingerprint density at radius 3 is 2.62 bits per heavy atom. The number of hydrogen-bond acceptors (Lipinski definition) is 2. The van der Waals surface area contributed by atoms with E-state index in [9.17, 15) is 9.59 Å². The summed E-state index contributed by atoms with van der Waals surface area (Å²) >= 11 is 0. The Morgan fingerprint density at radius 1 is 1.09 bits per heavy atom. The van der Waals surface area contributed by atoms with Crippen LogP contribution in [0.15, 0.2) is 48.5 Å². The maximum absolute atomic E-state index is 14.5. The van der Waals surface area contributed by atoms with Crippen LogP contribution in [0.5, 0.6) is 0 Å². The number of para-hydroxylation sites is 2. The summed E-state index contributed by atoms with van der Waals surface area (Å²) < 4.78 is 0. The van der Waals surface area contributed by atoms with Crippen LogP contribution in [0, 0.1) is 0 Å². The van der Waals surface area contributed by atoms with Crippen LogP contribution in [0.3, 0.4) is 0 Å². The minimum absolute atomic E-state index is 0.00374. The molecule has 1 spiro atoms. The van der Waals surface area contributed by atoms with Gasteiger partial charge in [0, 0.05) is 35.5 Å².